The molecule has 94 valence electrons. The topological polar surface area (TPSA) is 59.1 Å². The number of methoxy groups -OCH3 is 1. The van der Waals surface area contributed by atoms with Crippen molar-refractivity contribution in [2.45, 2.75) is 0 Å². The zero-order chi connectivity index (χ0) is 13.0. The molecule has 0 aliphatic rings. The van der Waals surface area contributed by atoms with Crippen molar-refractivity contribution >= 4 is 39.9 Å². The van der Waals surface area contributed by atoms with Gasteiger partial charge in [-0.05, 0) is 46.9 Å². The SMILES string of the molecule is CNc1ncnc(Nc2ccc(I)cc2)c1OC. The van der Waals surface area contributed by atoms with Crippen LogP contribution < -0.4 is 15.4 Å². The second-order valence-corrected chi connectivity index (χ2v) is 4.73. The Morgan fingerprint density at radius 1 is 1.11 bits per heavy atom. The van der Waals surface area contributed by atoms with E-state index in [4.69, 9.17) is 4.74 Å². The highest BCUT2D eigenvalue weighted by molar-refractivity contribution is 14.1. The Hall–Kier alpha value is -1.57. The van der Waals surface area contributed by atoms with Crippen molar-refractivity contribution in [3.63, 3.8) is 0 Å². The number of hydrogen-bond acceptors (Lipinski definition) is 5. The van der Waals surface area contributed by atoms with Gasteiger partial charge >= 0.3 is 0 Å². The van der Waals surface area contributed by atoms with Gasteiger partial charge in [0.05, 0.1) is 7.11 Å². The lowest BCUT2D eigenvalue weighted by molar-refractivity contribution is 0.415. The molecule has 18 heavy (non-hydrogen) atoms. The molecule has 0 spiro atoms. The van der Waals surface area contributed by atoms with E-state index >= 15 is 0 Å². The standard InChI is InChI=1S/C12H13IN4O/c1-14-11-10(18-2)12(16-7-15-11)17-9-5-3-8(13)4-6-9/h3-7H,1-2H3,(H2,14,15,16,17). The summed E-state index contributed by atoms with van der Waals surface area (Å²) in [6, 6.07) is 8.02. The van der Waals surface area contributed by atoms with Crippen LogP contribution in [0.4, 0.5) is 17.3 Å². The molecule has 0 unspecified atom stereocenters. The van der Waals surface area contributed by atoms with Crippen LogP contribution in [0.2, 0.25) is 0 Å². The van der Waals surface area contributed by atoms with Crippen LogP contribution in [-0.4, -0.2) is 24.1 Å². The van der Waals surface area contributed by atoms with Crippen LogP contribution >= 0.6 is 22.6 Å². The van der Waals surface area contributed by atoms with Crippen molar-refractivity contribution in [3.8, 4) is 5.75 Å². The van der Waals surface area contributed by atoms with Crippen molar-refractivity contribution in [1.29, 1.82) is 0 Å². The molecule has 1 heterocycles. The maximum absolute atomic E-state index is 5.31. The molecule has 0 amide bonds. The first-order valence-corrected chi connectivity index (χ1v) is 6.42. The van der Waals surface area contributed by atoms with Gasteiger partial charge in [0.1, 0.15) is 6.33 Å². The molecule has 0 saturated carbocycles. The molecule has 0 aliphatic heterocycles. The summed E-state index contributed by atoms with van der Waals surface area (Å²) in [4.78, 5) is 8.28. The number of aromatic nitrogens is 2. The number of anilines is 3. The van der Waals surface area contributed by atoms with Gasteiger partial charge in [0.15, 0.2) is 11.6 Å². The van der Waals surface area contributed by atoms with Gasteiger partial charge in [0.2, 0.25) is 5.75 Å². The lowest BCUT2D eigenvalue weighted by atomic mass is 10.3. The molecule has 2 rings (SSSR count). The van der Waals surface area contributed by atoms with Crippen LogP contribution in [0.1, 0.15) is 0 Å². The fourth-order valence-electron chi connectivity index (χ4n) is 1.50. The maximum atomic E-state index is 5.31. The minimum Gasteiger partial charge on any atom is -0.490 e. The minimum absolute atomic E-state index is 0.596. The quantitative estimate of drug-likeness (QED) is 0.825. The molecule has 2 N–H and O–H groups in total. The van der Waals surface area contributed by atoms with Crippen LogP contribution in [0.25, 0.3) is 0 Å². The highest BCUT2D eigenvalue weighted by Crippen LogP contribution is 2.30. The third kappa shape index (κ3) is 2.81. The largest absolute Gasteiger partial charge is 0.490 e. The Balaban J connectivity index is 2.31. The van der Waals surface area contributed by atoms with Crippen LogP contribution in [0.5, 0.6) is 5.75 Å². The van der Waals surface area contributed by atoms with E-state index in [0.29, 0.717) is 17.4 Å². The molecule has 0 aliphatic carbocycles. The number of benzene rings is 1. The molecule has 0 atom stereocenters. The summed E-state index contributed by atoms with van der Waals surface area (Å²) in [5, 5.41) is 6.17. The predicted molar refractivity (Wildman–Crippen MR) is 80.6 cm³/mol. The Labute approximate surface area is 119 Å². The van der Waals surface area contributed by atoms with Gasteiger partial charge in [-0.15, -0.1) is 0 Å². The zero-order valence-corrected chi connectivity index (χ0v) is 12.2. The summed E-state index contributed by atoms with van der Waals surface area (Å²) >= 11 is 2.26. The summed E-state index contributed by atoms with van der Waals surface area (Å²) in [6.07, 6.45) is 1.49. The highest BCUT2D eigenvalue weighted by atomic mass is 127. The van der Waals surface area contributed by atoms with Crippen LogP contribution in [-0.2, 0) is 0 Å². The number of halogens is 1. The summed E-state index contributed by atoms with van der Waals surface area (Å²) in [5.74, 6) is 1.89. The summed E-state index contributed by atoms with van der Waals surface area (Å²) < 4.78 is 6.50. The normalized spacial score (nSPS) is 9.94. The van der Waals surface area contributed by atoms with Gasteiger partial charge in [-0.3, -0.25) is 0 Å². The van der Waals surface area contributed by atoms with E-state index < -0.39 is 0 Å². The van der Waals surface area contributed by atoms with Crippen LogP contribution in [0.15, 0.2) is 30.6 Å². The van der Waals surface area contributed by atoms with Gasteiger partial charge in [0, 0.05) is 16.3 Å². The second-order valence-electron chi connectivity index (χ2n) is 3.49. The van der Waals surface area contributed by atoms with E-state index in [1.165, 1.54) is 9.90 Å². The van der Waals surface area contributed by atoms with Gasteiger partial charge in [-0.25, -0.2) is 9.97 Å². The Morgan fingerprint density at radius 2 is 1.78 bits per heavy atom. The van der Waals surface area contributed by atoms with E-state index in [9.17, 15) is 0 Å². The van der Waals surface area contributed by atoms with Crippen molar-refractivity contribution in [2.24, 2.45) is 0 Å². The predicted octanol–water partition coefficient (Wildman–Crippen LogP) is 2.88. The highest BCUT2D eigenvalue weighted by Gasteiger charge is 2.10. The third-order valence-corrected chi connectivity index (χ3v) is 3.07. The van der Waals surface area contributed by atoms with Crippen molar-refractivity contribution in [2.75, 3.05) is 24.8 Å². The van der Waals surface area contributed by atoms with Gasteiger partial charge in [-0.1, -0.05) is 0 Å². The summed E-state index contributed by atoms with van der Waals surface area (Å²) in [5.41, 5.74) is 0.953. The molecule has 5 nitrogen and oxygen atoms in total. The molecule has 0 radical (unpaired) electrons. The van der Waals surface area contributed by atoms with E-state index in [2.05, 4.69) is 43.2 Å². The number of hydrogen-bond donors (Lipinski definition) is 2. The fraction of sp³-hybridized carbons (Fsp3) is 0.167. The first-order valence-electron chi connectivity index (χ1n) is 5.34. The Kier molecular flexibility index (Phi) is 4.19. The van der Waals surface area contributed by atoms with Gasteiger partial charge < -0.3 is 15.4 Å². The van der Waals surface area contributed by atoms with E-state index in [1.807, 2.05) is 24.3 Å². The van der Waals surface area contributed by atoms with Crippen LogP contribution in [0.3, 0.4) is 0 Å². The molecule has 0 fully saturated rings. The molecule has 0 saturated heterocycles. The number of nitrogens with one attached hydrogen (secondary N) is 2. The monoisotopic (exact) mass is 356 g/mol. The first-order chi connectivity index (χ1) is 8.74. The molecular formula is C12H13IN4O. The summed E-state index contributed by atoms with van der Waals surface area (Å²) in [6.45, 7) is 0. The van der Waals surface area contributed by atoms with Crippen molar-refractivity contribution in [1.82, 2.24) is 9.97 Å². The van der Waals surface area contributed by atoms with Crippen molar-refractivity contribution < 1.29 is 4.74 Å². The average molecular weight is 356 g/mol. The Morgan fingerprint density at radius 3 is 2.39 bits per heavy atom. The zero-order valence-electron chi connectivity index (χ0n) is 10.1. The molecule has 1 aromatic heterocycles. The van der Waals surface area contributed by atoms with Gasteiger partial charge in [-0.2, -0.15) is 0 Å². The number of ether oxygens (including phenoxy) is 1. The smallest absolute Gasteiger partial charge is 0.204 e. The van der Waals surface area contributed by atoms with Crippen LogP contribution in [0, 0.1) is 3.57 Å². The maximum Gasteiger partial charge on any atom is 0.204 e. The summed E-state index contributed by atoms with van der Waals surface area (Å²) in [7, 11) is 3.39. The van der Waals surface area contributed by atoms with Gasteiger partial charge in [0.25, 0.3) is 0 Å². The molecular weight excluding hydrogens is 343 g/mol. The van der Waals surface area contributed by atoms with E-state index in [1.54, 1.807) is 14.2 Å². The van der Waals surface area contributed by atoms with E-state index in [0.717, 1.165) is 5.69 Å². The molecule has 6 heteroatoms. The first kappa shape index (κ1) is 12.9. The third-order valence-electron chi connectivity index (χ3n) is 2.35. The van der Waals surface area contributed by atoms with Crippen molar-refractivity contribution in [3.05, 3.63) is 34.2 Å². The molecule has 0 bridgehead atoms. The van der Waals surface area contributed by atoms with E-state index in [-0.39, 0.29) is 0 Å². The minimum atomic E-state index is 0.596. The number of nitrogens with zero attached hydrogens (tertiary/aromatic N) is 2. The second kappa shape index (κ2) is 5.85. The molecule has 2 aromatic rings. The average Bonchev–Trinajstić information content (AvgIpc) is 2.41. The lowest BCUT2D eigenvalue weighted by Crippen LogP contribution is -2.03. The molecule has 1 aromatic carbocycles. The fourth-order valence-corrected chi connectivity index (χ4v) is 1.86. The Bertz CT molecular complexity index is 530. The number of rotatable bonds is 4. The lowest BCUT2D eigenvalue weighted by Gasteiger charge is -2.12.